The minimum absolute atomic E-state index is 0.0427. The van der Waals surface area contributed by atoms with Gasteiger partial charge in [0.25, 0.3) is 0 Å². The largest absolute Gasteiger partial charge is 0.416 e. The standard InChI is InChI=1S/C19H23F3N4O/c1-24-18(27)26(16-5-6-16)17(23-24)14-7-9-25(10-8-14)12-13-3-2-4-15(11-13)19(20,21)22/h2-4,11,14,16H,5-10,12H2,1H3. The molecular formula is C19H23F3N4O. The van der Waals surface area contributed by atoms with Crippen molar-refractivity contribution in [3.05, 3.63) is 51.7 Å². The maximum Gasteiger partial charge on any atom is 0.416 e. The molecular weight excluding hydrogens is 357 g/mol. The highest BCUT2D eigenvalue weighted by Gasteiger charge is 2.34. The number of likely N-dealkylation sites (tertiary alicyclic amines) is 1. The van der Waals surface area contributed by atoms with Crippen molar-refractivity contribution in [2.45, 2.75) is 50.4 Å². The van der Waals surface area contributed by atoms with Crippen molar-refractivity contribution in [3.8, 4) is 0 Å². The molecule has 5 nitrogen and oxygen atoms in total. The third kappa shape index (κ3) is 3.81. The lowest BCUT2D eigenvalue weighted by molar-refractivity contribution is -0.137. The number of piperidine rings is 1. The first-order valence-corrected chi connectivity index (χ1v) is 9.37. The van der Waals surface area contributed by atoms with Crippen LogP contribution in [0, 0.1) is 0 Å². The zero-order valence-corrected chi connectivity index (χ0v) is 15.2. The third-order valence-corrected chi connectivity index (χ3v) is 5.51. The summed E-state index contributed by atoms with van der Waals surface area (Å²) < 4.78 is 41.9. The first-order chi connectivity index (χ1) is 12.8. The van der Waals surface area contributed by atoms with Crippen LogP contribution in [0.15, 0.2) is 29.1 Å². The first kappa shape index (κ1) is 18.3. The van der Waals surface area contributed by atoms with E-state index < -0.39 is 11.7 Å². The molecule has 146 valence electrons. The van der Waals surface area contributed by atoms with Crippen LogP contribution in [0.5, 0.6) is 0 Å². The number of alkyl halides is 3. The summed E-state index contributed by atoms with van der Waals surface area (Å²) in [6, 6.07) is 5.84. The number of benzene rings is 1. The Kier molecular flexibility index (Phi) is 4.61. The summed E-state index contributed by atoms with van der Waals surface area (Å²) in [7, 11) is 1.69. The van der Waals surface area contributed by atoms with E-state index in [4.69, 9.17) is 0 Å². The maximum absolute atomic E-state index is 12.9. The number of hydrogen-bond donors (Lipinski definition) is 0. The third-order valence-electron chi connectivity index (χ3n) is 5.51. The van der Waals surface area contributed by atoms with Crippen LogP contribution in [0.2, 0.25) is 0 Å². The van der Waals surface area contributed by atoms with E-state index in [0.717, 1.165) is 50.7 Å². The molecule has 0 radical (unpaired) electrons. The van der Waals surface area contributed by atoms with Crippen LogP contribution >= 0.6 is 0 Å². The van der Waals surface area contributed by atoms with E-state index in [0.29, 0.717) is 18.2 Å². The zero-order chi connectivity index (χ0) is 19.2. The van der Waals surface area contributed by atoms with Crippen LogP contribution < -0.4 is 5.69 Å². The van der Waals surface area contributed by atoms with E-state index in [1.807, 2.05) is 4.57 Å². The summed E-state index contributed by atoms with van der Waals surface area (Å²) in [5.74, 6) is 1.11. The van der Waals surface area contributed by atoms with Gasteiger partial charge in [0.2, 0.25) is 0 Å². The summed E-state index contributed by atoms with van der Waals surface area (Å²) in [6.45, 7) is 2.08. The molecule has 1 aliphatic heterocycles. The summed E-state index contributed by atoms with van der Waals surface area (Å²) >= 11 is 0. The van der Waals surface area contributed by atoms with E-state index in [2.05, 4.69) is 10.00 Å². The molecule has 0 N–H and O–H groups in total. The molecule has 1 aromatic carbocycles. The van der Waals surface area contributed by atoms with Gasteiger partial charge in [-0.3, -0.25) is 9.47 Å². The monoisotopic (exact) mass is 380 g/mol. The topological polar surface area (TPSA) is 43.1 Å². The van der Waals surface area contributed by atoms with Gasteiger partial charge in [0.1, 0.15) is 5.82 Å². The van der Waals surface area contributed by atoms with Gasteiger partial charge in [-0.15, -0.1) is 0 Å². The number of hydrogen-bond acceptors (Lipinski definition) is 3. The molecule has 1 aromatic heterocycles. The Hall–Kier alpha value is -2.09. The molecule has 8 heteroatoms. The molecule has 4 rings (SSSR count). The second-order valence-corrected chi connectivity index (χ2v) is 7.61. The van der Waals surface area contributed by atoms with Gasteiger partial charge in [-0.25, -0.2) is 9.48 Å². The highest BCUT2D eigenvalue weighted by atomic mass is 19.4. The fourth-order valence-electron chi connectivity index (χ4n) is 3.91. The van der Waals surface area contributed by atoms with Crippen molar-refractivity contribution in [2.75, 3.05) is 13.1 Å². The number of aromatic nitrogens is 3. The van der Waals surface area contributed by atoms with Crippen LogP contribution in [0.1, 0.15) is 54.6 Å². The molecule has 27 heavy (non-hydrogen) atoms. The smallest absolute Gasteiger partial charge is 0.299 e. The molecule has 2 aliphatic rings. The molecule has 0 bridgehead atoms. The Morgan fingerprint density at radius 3 is 2.48 bits per heavy atom. The summed E-state index contributed by atoms with van der Waals surface area (Å²) in [5.41, 5.74) is 0.0340. The van der Waals surface area contributed by atoms with Crippen LogP contribution in [-0.2, 0) is 19.8 Å². The Labute approximate surface area is 155 Å². The Bertz CT molecular complexity index is 874. The van der Waals surface area contributed by atoms with E-state index in [-0.39, 0.29) is 11.6 Å². The van der Waals surface area contributed by atoms with Gasteiger partial charge >= 0.3 is 11.9 Å². The van der Waals surface area contributed by atoms with Gasteiger partial charge < -0.3 is 0 Å². The second kappa shape index (κ2) is 6.82. The fourth-order valence-corrected chi connectivity index (χ4v) is 3.91. The molecule has 0 atom stereocenters. The molecule has 0 unspecified atom stereocenters. The molecule has 1 saturated carbocycles. The quantitative estimate of drug-likeness (QED) is 0.817. The van der Waals surface area contributed by atoms with Gasteiger partial charge in [0, 0.05) is 25.6 Å². The highest BCUT2D eigenvalue weighted by molar-refractivity contribution is 5.25. The van der Waals surface area contributed by atoms with E-state index in [9.17, 15) is 18.0 Å². The van der Waals surface area contributed by atoms with Crippen molar-refractivity contribution in [3.63, 3.8) is 0 Å². The number of nitrogens with zero attached hydrogens (tertiary/aromatic N) is 4. The van der Waals surface area contributed by atoms with Crippen molar-refractivity contribution in [1.82, 2.24) is 19.2 Å². The normalized spacial score (nSPS) is 19.6. The minimum Gasteiger partial charge on any atom is -0.299 e. The first-order valence-electron chi connectivity index (χ1n) is 9.37. The van der Waals surface area contributed by atoms with Gasteiger partial charge in [0.15, 0.2) is 0 Å². The van der Waals surface area contributed by atoms with Gasteiger partial charge in [-0.1, -0.05) is 18.2 Å². The van der Waals surface area contributed by atoms with Crippen LogP contribution in [-0.4, -0.2) is 32.3 Å². The summed E-state index contributed by atoms with van der Waals surface area (Å²) in [4.78, 5) is 14.5. The molecule has 0 spiro atoms. The Morgan fingerprint density at radius 2 is 1.85 bits per heavy atom. The SMILES string of the molecule is Cn1nc(C2CCN(Cc3cccc(C(F)(F)F)c3)CC2)n(C2CC2)c1=O. The van der Waals surface area contributed by atoms with E-state index in [1.165, 1.54) is 16.8 Å². The molecule has 0 amide bonds. The average Bonchev–Trinajstić information content (AvgIpc) is 3.42. The van der Waals surface area contributed by atoms with Crippen LogP contribution in [0.4, 0.5) is 13.2 Å². The van der Waals surface area contributed by atoms with Gasteiger partial charge in [-0.2, -0.15) is 18.3 Å². The van der Waals surface area contributed by atoms with Crippen LogP contribution in [0.25, 0.3) is 0 Å². The number of aryl methyl sites for hydroxylation is 1. The summed E-state index contributed by atoms with van der Waals surface area (Å²) in [5, 5.41) is 4.47. The Morgan fingerprint density at radius 1 is 1.15 bits per heavy atom. The Balaban J connectivity index is 1.42. The fraction of sp³-hybridized carbons (Fsp3) is 0.579. The minimum atomic E-state index is -4.31. The molecule has 2 aromatic rings. The number of rotatable bonds is 4. The van der Waals surface area contributed by atoms with Crippen molar-refractivity contribution < 1.29 is 13.2 Å². The van der Waals surface area contributed by atoms with Crippen LogP contribution in [0.3, 0.4) is 0 Å². The predicted octanol–water partition coefficient (Wildman–Crippen LogP) is 3.32. The molecule has 2 heterocycles. The second-order valence-electron chi connectivity index (χ2n) is 7.61. The van der Waals surface area contributed by atoms with Gasteiger partial charge in [-0.05, 0) is 50.4 Å². The van der Waals surface area contributed by atoms with E-state index >= 15 is 0 Å². The average molecular weight is 380 g/mol. The lowest BCUT2D eigenvalue weighted by Gasteiger charge is -2.31. The number of halogens is 3. The lowest BCUT2D eigenvalue weighted by atomic mass is 9.95. The lowest BCUT2D eigenvalue weighted by Crippen LogP contribution is -2.33. The van der Waals surface area contributed by atoms with Crippen molar-refractivity contribution in [2.24, 2.45) is 7.05 Å². The molecule has 1 saturated heterocycles. The van der Waals surface area contributed by atoms with Crippen molar-refractivity contribution >= 4 is 0 Å². The van der Waals surface area contributed by atoms with E-state index in [1.54, 1.807) is 13.1 Å². The van der Waals surface area contributed by atoms with Crippen molar-refractivity contribution in [1.29, 1.82) is 0 Å². The maximum atomic E-state index is 12.9. The highest BCUT2D eigenvalue weighted by Crippen LogP contribution is 2.37. The van der Waals surface area contributed by atoms with Gasteiger partial charge in [0.05, 0.1) is 5.56 Å². The zero-order valence-electron chi connectivity index (χ0n) is 15.2. The summed E-state index contributed by atoms with van der Waals surface area (Å²) in [6.07, 6.45) is -0.515. The predicted molar refractivity (Wildman–Crippen MR) is 94.4 cm³/mol. The molecule has 1 aliphatic carbocycles. The molecule has 2 fully saturated rings.